The fourth-order valence-electron chi connectivity index (χ4n) is 3.33. The Morgan fingerprint density at radius 1 is 1.08 bits per heavy atom. The first kappa shape index (κ1) is 18.9. The third-order valence-corrected chi connectivity index (χ3v) is 6.78. The van der Waals surface area contributed by atoms with Crippen LogP contribution in [0.15, 0.2) is 30.5 Å². The van der Waals surface area contributed by atoms with Crippen molar-refractivity contribution in [1.82, 2.24) is 18.1 Å². The quantitative estimate of drug-likeness (QED) is 0.815. The third kappa shape index (κ3) is 3.24. The van der Waals surface area contributed by atoms with Crippen molar-refractivity contribution in [2.45, 2.75) is 19.9 Å². The standard InChI is InChI=1S/C18H26N4O3S/c1-14(2)22-13-16(15-7-5-6-8-17(15)22)18(23)20-9-11-21(12-10-20)26(24,25)19(3)4/h5-8,13-14H,9-12H2,1-4H3. The molecule has 0 unspecified atom stereocenters. The minimum atomic E-state index is -3.43. The average Bonchev–Trinajstić information content (AvgIpc) is 3.01. The molecule has 8 heteroatoms. The molecule has 0 bridgehead atoms. The van der Waals surface area contributed by atoms with Gasteiger partial charge >= 0.3 is 0 Å². The lowest BCUT2D eigenvalue weighted by atomic mass is 10.1. The van der Waals surface area contributed by atoms with E-state index in [9.17, 15) is 13.2 Å². The van der Waals surface area contributed by atoms with E-state index in [0.29, 0.717) is 31.7 Å². The molecule has 1 aliphatic rings. The SMILES string of the molecule is CC(C)n1cc(C(=O)N2CCN(S(=O)(=O)N(C)C)CC2)c2ccccc21. The minimum absolute atomic E-state index is 0.0394. The Morgan fingerprint density at radius 2 is 1.69 bits per heavy atom. The Bertz CT molecular complexity index is 910. The lowest BCUT2D eigenvalue weighted by molar-refractivity contribution is 0.0697. The Morgan fingerprint density at radius 3 is 2.27 bits per heavy atom. The molecule has 0 saturated carbocycles. The van der Waals surface area contributed by atoms with Crippen LogP contribution in [0.3, 0.4) is 0 Å². The van der Waals surface area contributed by atoms with Gasteiger partial charge in [-0.3, -0.25) is 4.79 Å². The molecule has 1 aromatic heterocycles. The molecular formula is C18H26N4O3S. The maximum absolute atomic E-state index is 13.1. The predicted octanol–water partition coefficient (Wildman–Crippen LogP) is 1.79. The van der Waals surface area contributed by atoms with Crippen LogP contribution in [-0.2, 0) is 10.2 Å². The summed E-state index contributed by atoms with van der Waals surface area (Å²) in [6.07, 6.45) is 1.92. The predicted molar refractivity (Wildman–Crippen MR) is 102 cm³/mol. The van der Waals surface area contributed by atoms with E-state index in [2.05, 4.69) is 18.4 Å². The van der Waals surface area contributed by atoms with Gasteiger partial charge in [0.25, 0.3) is 16.1 Å². The number of amides is 1. The molecule has 0 spiro atoms. The highest BCUT2D eigenvalue weighted by Gasteiger charge is 2.31. The van der Waals surface area contributed by atoms with E-state index >= 15 is 0 Å². The minimum Gasteiger partial charge on any atom is -0.344 e. The van der Waals surface area contributed by atoms with Crippen LogP contribution in [-0.4, -0.2) is 72.7 Å². The van der Waals surface area contributed by atoms with Crippen LogP contribution >= 0.6 is 0 Å². The van der Waals surface area contributed by atoms with Crippen LogP contribution in [0.2, 0.25) is 0 Å². The van der Waals surface area contributed by atoms with Gasteiger partial charge < -0.3 is 9.47 Å². The van der Waals surface area contributed by atoms with Crippen molar-refractivity contribution in [2.75, 3.05) is 40.3 Å². The van der Waals surface area contributed by atoms with Gasteiger partial charge in [-0.25, -0.2) is 0 Å². The van der Waals surface area contributed by atoms with Crippen LogP contribution in [0.4, 0.5) is 0 Å². The van der Waals surface area contributed by atoms with E-state index in [1.807, 2.05) is 30.5 Å². The molecule has 0 radical (unpaired) electrons. The molecule has 1 aliphatic heterocycles. The Balaban J connectivity index is 1.83. The molecule has 26 heavy (non-hydrogen) atoms. The molecule has 1 saturated heterocycles. The first-order valence-electron chi connectivity index (χ1n) is 8.80. The smallest absolute Gasteiger partial charge is 0.281 e. The molecule has 142 valence electrons. The number of hydrogen-bond acceptors (Lipinski definition) is 3. The summed E-state index contributed by atoms with van der Waals surface area (Å²) in [5.41, 5.74) is 1.72. The highest BCUT2D eigenvalue weighted by atomic mass is 32.2. The number of fused-ring (bicyclic) bond motifs is 1. The second-order valence-electron chi connectivity index (χ2n) is 7.04. The summed E-state index contributed by atoms with van der Waals surface area (Å²) in [6.45, 7) is 5.60. The van der Waals surface area contributed by atoms with Crippen molar-refractivity contribution in [3.05, 3.63) is 36.0 Å². The fraction of sp³-hybridized carbons (Fsp3) is 0.500. The maximum Gasteiger partial charge on any atom is 0.281 e. The second kappa shape index (κ2) is 7.02. The molecule has 2 heterocycles. The van der Waals surface area contributed by atoms with Gasteiger partial charge in [0.15, 0.2) is 0 Å². The van der Waals surface area contributed by atoms with Gasteiger partial charge in [-0.05, 0) is 19.9 Å². The van der Waals surface area contributed by atoms with Crippen LogP contribution < -0.4 is 0 Å². The molecule has 1 amide bonds. The van der Waals surface area contributed by atoms with Crippen molar-refractivity contribution in [1.29, 1.82) is 0 Å². The molecule has 7 nitrogen and oxygen atoms in total. The number of piperazine rings is 1. The lowest BCUT2D eigenvalue weighted by Gasteiger charge is -2.35. The Labute approximate surface area is 155 Å². The molecule has 1 aromatic carbocycles. The summed E-state index contributed by atoms with van der Waals surface area (Å²) in [5, 5.41) is 0.939. The summed E-state index contributed by atoms with van der Waals surface area (Å²) < 4.78 is 29.2. The molecule has 2 aromatic rings. The zero-order valence-electron chi connectivity index (χ0n) is 15.7. The van der Waals surface area contributed by atoms with Crippen LogP contribution in [0.25, 0.3) is 10.9 Å². The summed E-state index contributed by atoms with van der Waals surface area (Å²) in [4.78, 5) is 14.8. The van der Waals surface area contributed by atoms with E-state index < -0.39 is 10.2 Å². The normalized spacial score (nSPS) is 16.8. The second-order valence-corrected chi connectivity index (χ2v) is 9.18. The molecule has 0 aliphatic carbocycles. The zero-order valence-corrected chi connectivity index (χ0v) is 16.5. The fourth-order valence-corrected chi connectivity index (χ4v) is 4.41. The van der Waals surface area contributed by atoms with Gasteiger partial charge in [0.05, 0.1) is 5.56 Å². The molecule has 0 atom stereocenters. The number of carbonyl (C=O) groups is 1. The van der Waals surface area contributed by atoms with Crippen LogP contribution in [0.1, 0.15) is 30.2 Å². The Kier molecular flexibility index (Phi) is 5.09. The summed E-state index contributed by atoms with van der Waals surface area (Å²) in [6, 6.07) is 8.15. The average molecular weight is 378 g/mol. The first-order chi connectivity index (χ1) is 12.2. The number of benzene rings is 1. The van der Waals surface area contributed by atoms with Crippen molar-refractivity contribution >= 4 is 27.0 Å². The highest BCUT2D eigenvalue weighted by Crippen LogP contribution is 2.26. The van der Waals surface area contributed by atoms with E-state index in [0.717, 1.165) is 10.9 Å². The van der Waals surface area contributed by atoms with Crippen molar-refractivity contribution in [2.24, 2.45) is 0 Å². The van der Waals surface area contributed by atoms with Crippen LogP contribution in [0, 0.1) is 0 Å². The van der Waals surface area contributed by atoms with Gasteiger partial charge in [0.2, 0.25) is 0 Å². The van der Waals surface area contributed by atoms with E-state index in [-0.39, 0.29) is 11.9 Å². The van der Waals surface area contributed by atoms with Crippen molar-refractivity contribution < 1.29 is 13.2 Å². The maximum atomic E-state index is 13.1. The van der Waals surface area contributed by atoms with Crippen LogP contribution in [0.5, 0.6) is 0 Å². The number of aromatic nitrogens is 1. The van der Waals surface area contributed by atoms with E-state index in [1.54, 1.807) is 4.90 Å². The first-order valence-corrected chi connectivity index (χ1v) is 10.2. The van der Waals surface area contributed by atoms with Gasteiger partial charge in [-0.15, -0.1) is 0 Å². The highest BCUT2D eigenvalue weighted by molar-refractivity contribution is 7.86. The summed E-state index contributed by atoms with van der Waals surface area (Å²) in [5.74, 6) is -0.0394. The molecule has 3 rings (SSSR count). The summed E-state index contributed by atoms with van der Waals surface area (Å²) >= 11 is 0. The molecule has 0 N–H and O–H groups in total. The largest absolute Gasteiger partial charge is 0.344 e. The monoisotopic (exact) mass is 378 g/mol. The number of rotatable bonds is 4. The van der Waals surface area contributed by atoms with E-state index in [1.165, 1.54) is 22.7 Å². The topological polar surface area (TPSA) is 65.9 Å². The number of nitrogens with zero attached hydrogens (tertiary/aromatic N) is 4. The summed E-state index contributed by atoms with van der Waals surface area (Å²) in [7, 11) is -0.388. The van der Waals surface area contributed by atoms with Gasteiger partial charge in [-0.1, -0.05) is 18.2 Å². The van der Waals surface area contributed by atoms with Gasteiger partial charge in [-0.2, -0.15) is 17.0 Å². The number of para-hydroxylation sites is 1. The molecule has 1 fully saturated rings. The molecular weight excluding hydrogens is 352 g/mol. The Hall–Kier alpha value is -1.90. The van der Waals surface area contributed by atoms with Gasteiger partial charge in [0.1, 0.15) is 0 Å². The van der Waals surface area contributed by atoms with Crippen molar-refractivity contribution in [3.8, 4) is 0 Å². The zero-order chi connectivity index (χ0) is 19.1. The van der Waals surface area contributed by atoms with Crippen molar-refractivity contribution in [3.63, 3.8) is 0 Å². The third-order valence-electron chi connectivity index (χ3n) is 4.84. The number of hydrogen-bond donors (Lipinski definition) is 0. The van der Waals surface area contributed by atoms with Gasteiger partial charge in [0, 0.05) is 63.4 Å². The van der Waals surface area contributed by atoms with E-state index in [4.69, 9.17) is 0 Å². The lowest BCUT2D eigenvalue weighted by Crippen LogP contribution is -2.53. The number of carbonyl (C=O) groups excluding carboxylic acids is 1.